The molecular formula is C18H19N3O4. The number of benzene rings is 2. The molecule has 25 heavy (non-hydrogen) atoms. The van der Waals surface area contributed by atoms with Gasteiger partial charge in [0.15, 0.2) is 6.61 Å². The fourth-order valence-electron chi connectivity index (χ4n) is 2.13. The molecule has 0 aliphatic heterocycles. The van der Waals surface area contributed by atoms with Gasteiger partial charge >= 0.3 is 5.97 Å². The molecular weight excluding hydrogens is 322 g/mol. The smallest absolute Gasteiger partial charge is 0.340 e. The Balaban J connectivity index is 1.90. The van der Waals surface area contributed by atoms with Crippen LogP contribution in [-0.2, 0) is 9.53 Å². The van der Waals surface area contributed by atoms with E-state index in [0.29, 0.717) is 22.5 Å². The molecule has 0 saturated heterocycles. The molecule has 0 fully saturated rings. The predicted molar refractivity (Wildman–Crippen MR) is 94.7 cm³/mol. The van der Waals surface area contributed by atoms with Crippen molar-refractivity contribution >= 4 is 29.2 Å². The van der Waals surface area contributed by atoms with Gasteiger partial charge in [0.2, 0.25) is 0 Å². The fraction of sp³-hybridized carbons (Fsp3) is 0.167. The summed E-state index contributed by atoms with van der Waals surface area (Å²) in [5.74, 6) is -1.27. The number of nitrogens with one attached hydrogen (secondary N) is 3. The third-order valence-corrected chi connectivity index (χ3v) is 3.41. The maximum absolute atomic E-state index is 12.0. The van der Waals surface area contributed by atoms with Gasteiger partial charge in [-0.2, -0.15) is 0 Å². The largest absolute Gasteiger partial charge is 0.452 e. The van der Waals surface area contributed by atoms with Gasteiger partial charge in [-0.15, -0.1) is 0 Å². The van der Waals surface area contributed by atoms with Gasteiger partial charge in [0.1, 0.15) is 0 Å². The van der Waals surface area contributed by atoms with Crippen LogP contribution in [0, 0.1) is 0 Å². The Morgan fingerprint density at radius 2 is 1.64 bits per heavy atom. The Morgan fingerprint density at radius 1 is 0.960 bits per heavy atom. The van der Waals surface area contributed by atoms with E-state index in [2.05, 4.69) is 16.0 Å². The van der Waals surface area contributed by atoms with Crippen LogP contribution in [0.2, 0.25) is 0 Å². The summed E-state index contributed by atoms with van der Waals surface area (Å²) in [4.78, 5) is 35.4. The van der Waals surface area contributed by atoms with Gasteiger partial charge in [-0.3, -0.25) is 9.59 Å². The number of carbonyl (C=O) groups is 3. The lowest BCUT2D eigenvalue weighted by molar-refractivity contribution is -0.119. The molecule has 0 spiro atoms. The van der Waals surface area contributed by atoms with Crippen LogP contribution in [0.4, 0.5) is 11.4 Å². The highest BCUT2D eigenvalue weighted by Gasteiger charge is 2.13. The molecule has 2 aromatic rings. The van der Waals surface area contributed by atoms with E-state index < -0.39 is 18.5 Å². The quantitative estimate of drug-likeness (QED) is 0.697. The first kappa shape index (κ1) is 18.0. The second-order valence-electron chi connectivity index (χ2n) is 5.08. The van der Waals surface area contributed by atoms with Crippen LogP contribution in [0.5, 0.6) is 0 Å². The molecule has 0 aliphatic rings. The molecule has 0 atom stereocenters. The molecule has 0 radical (unpaired) electrons. The van der Waals surface area contributed by atoms with Crippen LogP contribution in [-0.4, -0.2) is 38.5 Å². The Hall–Kier alpha value is -3.35. The van der Waals surface area contributed by atoms with Crippen LogP contribution in [0.3, 0.4) is 0 Å². The minimum Gasteiger partial charge on any atom is -0.452 e. The van der Waals surface area contributed by atoms with Crippen molar-refractivity contribution < 1.29 is 19.1 Å². The monoisotopic (exact) mass is 341 g/mol. The van der Waals surface area contributed by atoms with Gasteiger partial charge in [-0.05, 0) is 36.4 Å². The number of hydrogen-bond acceptors (Lipinski definition) is 5. The Kier molecular flexibility index (Phi) is 6.11. The average Bonchev–Trinajstić information content (AvgIpc) is 2.66. The standard InChI is InChI=1S/C18H19N3O4/c1-19-15-6-4-3-5-14(15)18(24)25-11-16(22)21-13-9-7-12(8-10-13)17(23)20-2/h3-10,19H,11H2,1-2H3,(H,20,23)(H,21,22). The normalized spacial score (nSPS) is 9.84. The van der Waals surface area contributed by atoms with Gasteiger partial charge in [0.25, 0.3) is 11.8 Å². The van der Waals surface area contributed by atoms with Crippen molar-refractivity contribution in [3.63, 3.8) is 0 Å². The van der Waals surface area contributed by atoms with E-state index >= 15 is 0 Å². The summed E-state index contributed by atoms with van der Waals surface area (Å²) in [5.41, 5.74) is 1.96. The molecule has 0 saturated carbocycles. The van der Waals surface area contributed by atoms with Crippen molar-refractivity contribution in [3.8, 4) is 0 Å². The van der Waals surface area contributed by atoms with E-state index in [1.54, 1.807) is 62.6 Å². The van der Waals surface area contributed by atoms with E-state index in [1.165, 1.54) is 0 Å². The maximum atomic E-state index is 12.0. The lowest BCUT2D eigenvalue weighted by atomic mass is 10.2. The highest BCUT2D eigenvalue weighted by atomic mass is 16.5. The second kappa shape index (κ2) is 8.49. The predicted octanol–water partition coefficient (Wildman–Crippen LogP) is 1.88. The van der Waals surface area contributed by atoms with E-state index in [-0.39, 0.29) is 5.91 Å². The number of para-hydroxylation sites is 1. The topological polar surface area (TPSA) is 96.5 Å². The SMILES string of the molecule is CNC(=O)c1ccc(NC(=O)COC(=O)c2ccccc2NC)cc1. The van der Waals surface area contributed by atoms with Crippen molar-refractivity contribution in [1.82, 2.24) is 5.32 Å². The zero-order valence-electron chi connectivity index (χ0n) is 14.0. The Bertz CT molecular complexity index is 772. The molecule has 0 bridgehead atoms. The molecule has 2 amide bonds. The van der Waals surface area contributed by atoms with Gasteiger partial charge in [-0.25, -0.2) is 4.79 Å². The first-order valence-corrected chi connectivity index (χ1v) is 7.61. The highest BCUT2D eigenvalue weighted by molar-refractivity contribution is 5.99. The average molecular weight is 341 g/mol. The van der Waals surface area contributed by atoms with Crippen LogP contribution < -0.4 is 16.0 Å². The summed E-state index contributed by atoms with van der Waals surface area (Å²) >= 11 is 0. The summed E-state index contributed by atoms with van der Waals surface area (Å²) in [6.07, 6.45) is 0. The molecule has 7 heteroatoms. The summed E-state index contributed by atoms with van der Waals surface area (Å²) in [7, 11) is 3.24. The summed E-state index contributed by atoms with van der Waals surface area (Å²) in [5, 5.41) is 8.00. The van der Waals surface area contributed by atoms with Gasteiger partial charge in [0.05, 0.1) is 5.56 Å². The van der Waals surface area contributed by atoms with E-state index in [4.69, 9.17) is 4.74 Å². The van der Waals surface area contributed by atoms with Crippen molar-refractivity contribution in [1.29, 1.82) is 0 Å². The molecule has 0 aliphatic carbocycles. The van der Waals surface area contributed by atoms with Crippen LogP contribution in [0.1, 0.15) is 20.7 Å². The first-order chi connectivity index (χ1) is 12.0. The summed E-state index contributed by atoms with van der Waals surface area (Å²) in [6.45, 7) is -0.409. The van der Waals surface area contributed by atoms with Crippen molar-refractivity contribution in [2.45, 2.75) is 0 Å². The molecule has 0 heterocycles. The van der Waals surface area contributed by atoms with Crippen molar-refractivity contribution in [2.75, 3.05) is 31.3 Å². The second-order valence-corrected chi connectivity index (χ2v) is 5.08. The number of esters is 1. The molecule has 7 nitrogen and oxygen atoms in total. The van der Waals surface area contributed by atoms with E-state index in [1.807, 2.05) is 0 Å². The van der Waals surface area contributed by atoms with Crippen molar-refractivity contribution in [2.24, 2.45) is 0 Å². The van der Waals surface area contributed by atoms with Gasteiger partial charge in [0, 0.05) is 31.0 Å². The molecule has 3 N–H and O–H groups in total. The van der Waals surface area contributed by atoms with Gasteiger partial charge < -0.3 is 20.7 Å². The highest BCUT2D eigenvalue weighted by Crippen LogP contribution is 2.15. The number of anilines is 2. The first-order valence-electron chi connectivity index (χ1n) is 7.61. The van der Waals surface area contributed by atoms with Crippen molar-refractivity contribution in [3.05, 3.63) is 59.7 Å². The minimum atomic E-state index is -0.588. The molecule has 0 unspecified atom stereocenters. The lowest BCUT2D eigenvalue weighted by Crippen LogP contribution is -2.21. The number of hydrogen-bond donors (Lipinski definition) is 3. The van der Waals surface area contributed by atoms with Crippen LogP contribution >= 0.6 is 0 Å². The Morgan fingerprint density at radius 3 is 2.28 bits per heavy atom. The minimum absolute atomic E-state index is 0.213. The van der Waals surface area contributed by atoms with Crippen LogP contribution in [0.25, 0.3) is 0 Å². The van der Waals surface area contributed by atoms with E-state index in [0.717, 1.165) is 0 Å². The number of ether oxygens (including phenoxy) is 1. The fourth-order valence-corrected chi connectivity index (χ4v) is 2.13. The lowest BCUT2D eigenvalue weighted by Gasteiger charge is -2.09. The number of carbonyl (C=O) groups excluding carboxylic acids is 3. The summed E-state index contributed by atoms with van der Waals surface area (Å²) in [6, 6.07) is 13.2. The third-order valence-electron chi connectivity index (χ3n) is 3.41. The zero-order chi connectivity index (χ0) is 18.2. The number of rotatable bonds is 6. The van der Waals surface area contributed by atoms with E-state index in [9.17, 15) is 14.4 Å². The zero-order valence-corrected chi connectivity index (χ0v) is 14.0. The molecule has 0 aromatic heterocycles. The van der Waals surface area contributed by atoms with Crippen LogP contribution in [0.15, 0.2) is 48.5 Å². The molecule has 2 aromatic carbocycles. The number of amides is 2. The van der Waals surface area contributed by atoms with Gasteiger partial charge in [-0.1, -0.05) is 12.1 Å². The molecule has 130 valence electrons. The maximum Gasteiger partial charge on any atom is 0.340 e. The molecule has 2 rings (SSSR count). The third kappa shape index (κ3) is 4.81. The Labute approximate surface area is 145 Å². The summed E-state index contributed by atoms with van der Waals surface area (Å²) < 4.78 is 5.03.